The fraction of sp³-hybridized carbons (Fsp3) is 0.861. The van der Waals surface area contributed by atoms with E-state index in [2.05, 4.69) is 55.2 Å². The van der Waals surface area contributed by atoms with Gasteiger partial charge in [-0.2, -0.15) is 6.92 Å². The van der Waals surface area contributed by atoms with Crippen molar-refractivity contribution in [2.24, 2.45) is 23.7 Å². The van der Waals surface area contributed by atoms with Crippen LogP contribution in [-0.2, 0) is 114 Å². The molecule has 0 aromatic heterocycles. The van der Waals surface area contributed by atoms with Crippen molar-refractivity contribution in [2.45, 2.75) is 430 Å². The molecule has 6 rings (SSSR count). The standard InChI is InChI=1S/C101H175N10O26S6.Y/c1-66(113)106-87-91(127)77(119)63-134-98(87)139-56-32-12-26-50-102-82(122)42-22-6-16-36-72(37-17-7-23-43-83(123)103-51-27-13-33-57-140-99-88(107-67(2)114)92(128)78(120)64-135-99)75(117)40-20-10-30-54-110(96(132)74-48-46-71(47-49-74)61-111-86(126)60-81(97(111)133)143-70(5)138)55-31-11-21-41-76(118)73(38-18-8-24-44-84(124)104-52-28-14-34-58-141-100-89(108-68(3)115)93(129)79(121)65-136-100)39-19-9-25-45-85(125)105-53-29-15-35-59-142-101-90(109-69(4)116)95(131)94(130)80(62-112)137-101;/h71-74,77-81,87-95,98-101,112,119-121,127-131,138H,6-65H2,1-5H3,(H,102,122)(H,103,123)(H,104,124)(H,105,125)(H,106,113)(H,107,114)(H,108,115)(H,109,116);/q-1;/t71?,72?,73?,74?,77-,78-,79-,80?,81?,87?,88?,89?,90?,91-,92-,93-,94-,95+,98-,99-,100-,101-;/m0./s1. The minimum absolute atomic E-state index is 0. The second-order valence-corrected chi connectivity index (χ2v) is 46.8. The number of unbranched alkanes of at least 4 members (excludes halogenated alkanes) is 20. The summed E-state index contributed by atoms with van der Waals surface area (Å²) in [6.07, 6.45) is 19.6. The van der Waals surface area contributed by atoms with Crippen LogP contribution >= 0.6 is 71.4 Å². The summed E-state index contributed by atoms with van der Waals surface area (Å²) in [5.74, 6) is 0.660. The number of carbonyl (C=O) groups is 13. The van der Waals surface area contributed by atoms with E-state index < -0.39 is 113 Å². The molecule has 0 spiro atoms. The predicted molar refractivity (Wildman–Crippen MR) is 560 cm³/mol. The van der Waals surface area contributed by atoms with Crippen molar-refractivity contribution in [3.8, 4) is 0 Å². The molecule has 19 atom stereocenters. The molecule has 1 aliphatic carbocycles. The first kappa shape index (κ1) is 131. The number of ketones is 2. The van der Waals surface area contributed by atoms with Gasteiger partial charge in [0.2, 0.25) is 65.0 Å². The average molecular weight is 2230 g/mol. The van der Waals surface area contributed by atoms with Gasteiger partial charge in [0.25, 0.3) is 0 Å². The molecular weight excluding hydrogens is 2050 g/mol. The number of ether oxygens (including phenoxy) is 4. The average Bonchev–Trinajstić information content (AvgIpc) is 1.79. The van der Waals surface area contributed by atoms with E-state index in [-0.39, 0.29) is 159 Å². The summed E-state index contributed by atoms with van der Waals surface area (Å²) in [5.41, 5.74) is -2.17. The van der Waals surface area contributed by atoms with Crippen LogP contribution in [0.5, 0.6) is 0 Å². The number of likely N-dealkylation sites (tertiary alicyclic amines) is 1. The smallest absolute Gasteiger partial charge is 0.240 e. The number of hydrogen-bond acceptors (Lipinski definition) is 32. The van der Waals surface area contributed by atoms with Crippen LogP contribution in [0.25, 0.3) is 0 Å². The van der Waals surface area contributed by atoms with E-state index in [1.807, 2.05) is 4.90 Å². The molecular formula is C101H175N10O26S6Y-. The minimum atomic E-state index is -1.36. The number of rotatable bonds is 76. The summed E-state index contributed by atoms with van der Waals surface area (Å²) in [6, 6.07) is -3.05. The molecule has 17 N–H and O–H groups in total. The number of carbonyl (C=O) groups excluding carboxylic acids is 13. The number of nitrogens with one attached hydrogen (secondary N) is 8. The van der Waals surface area contributed by atoms with Gasteiger partial charge in [0.1, 0.15) is 88.2 Å². The zero-order valence-electron chi connectivity index (χ0n) is 86.1. The first-order valence-electron chi connectivity index (χ1n) is 53.2. The van der Waals surface area contributed by atoms with Crippen molar-refractivity contribution in [2.75, 3.05) is 95.3 Å². The third kappa shape index (κ3) is 52.3. The number of thioether (sulfide) groups is 5. The molecule has 0 aromatic carbocycles. The Bertz CT molecular complexity index is 3650. The summed E-state index contributed by atoms with van der Waals surface area (Å²) in [6.45, 7) is 9.96. The van der Waals surface area contributed by atoms with E-state index in [4.69, 9.17) is 18.9 Å². The Morgan fingerprint density at radius 3 is 1.05 bits per heavy atom. The quantitative estimate of drug-likeness (QED) is 0.0119. The van der Waals surface area contributed by atoms with Crippen LogP contribution < -0.4 is 42.5 Å². The van der Waals surface area contributed by atoms with E-state index in [0.717, 1.165) is 128 Å². The Hall–Kier alpha value is -3.61. The van der Waals surface area contributed by atoms with E-state index in [1.54, 1.807) is 6.92 Å². The number of imide groups is 1. The number of thiol groups is 1. The molecule has 5 saturated heterocycles. The molecule has 6 aliphatic rings. The molecule has 1 saturated carbocycles. The third-order valence-corrected chi connectivity index (χ3v) is 33.8. The number of aliphatic hydroxyl groups is 9. The number of Topliss-reactive ketones (excluding diaryl/α,β-unsaturated/α-hetero) is 2. The molecule has 5 heterocycles. The van der Waals surface area contributed by atoms with Crippen LogP contribution in [0.4, 0.5) is 0 Å². The van der Waals surface area contributed by atoms with Crippen LogP contribution in [0.3, 0.4) is 0 Å². The number of hydrogen-bond donors (Lipinski definition) is 18. The first-order valence-corrected chi connectivity index (χ1v) is 58.7. The monoisotopic (exact) mass is 2230 g/mol. The maximum atomic E-state index is 14.9. The van der Waals surface area contributed by atoms with Gasteiger partial charge in [0.05, 0.1) is 55.8 Å². The summed E-state index contributed by atoms with van der Waals surface area (Å²) >= 11 is 11.5. The SMILES string of the molecule is CC(=O)NC1[C@@H](O)[C@@H](O)CO[C@H]1SCCCCCNC(=O)CCCCCC(CCCCCC(=O)NCCCCCS[C@@H]1OC[C@H](O)[C@H](O)C1NC(C)=O)C(=O)CCCCCN(CCCCCC(=O)C(CCCCCC(=O)NCCCCCS[C@@H]1OC[C@H](O)[C@H](O)C1NC(C)=O)CCCCCC(=O)NCCCCCS[C@@H]1OC(CO)[C@H](O)[C@H](O)C1NC(C)=O)C(=O)C1CCC(CN2C(=O)CC(S[C-](C)S)C2=O)CC1.[Y]. The Balaban J connectivity index is 0.0000365. The van der Waals surface area contributed by atoms with E-state index >= 15 is 0 Å². The topological polar surface area (TPSA) is 544 Å². The Morgan fingerprint density at radius 1 is 0.410 bits per heavy atom. The fourth-order valence-electron chi connectivity index (χ4n) is 19.2. The molecule has 1 radical (unpaired) electrons. The van der Waals surface area contributed by atoms with Gasteiger partial charge in [-0.25, -0.2) is 4.58 Å². The third-order valence-electron chi connectivity index (χ3n) is 27.4. The minimum Gasteiger partial charge on any atom is -0.394 e. The van der Waals surface area contributed by atoms with Crippen LogP contribution in [0.1, 0.15) is 324 Å². The predicted octanol–water partition coefficient (Wildman–Crippen LogP) is 7.98. The van der Waals surface area contributed by atoms with Crippen LogP contribution in [0.2, 0.25) is 0 Å². The van der Waals surface area contributed by atoms with Crippen LogP contribution in [-0.4, -0.2) is 334 Å². The molecule has 825 valence electrons. The molecule has 0 aromatic rings. The maximum absolute atomic E-state index is 14.9. The van der Waals surface area contributed by atoms with Gasteiger partial charge in [-0.3, -0.25) is 67.2 Å². The molecule has 0 bridgehead atoms. The van der Waals surface area contributed by atoms with Gasteiger partial charge in [0, 0.05) is 169 Å². The van der Waals surface area contributed by atoms with E-state index in [0.29, 0.717) is 228 Å². The summed E-state index contributed by atoms with van der Waals surface area (Å²) in [7, 11) is 0. The summed E-state index contributed by atoms with van der Waals surface area (Å²) in [5, 5.41) is 115. The zero-order valence-corrected chi connectivity index (χ0v) is 93.9. The van der Waals surface area contributed by atoms with Crippen molar-refractivity contribution >= 4 is 148 Å². The van der Waals surface area contributed by atoms with Gasteiger partial charge in [-0.1, -0.05) is 89.9 Å². The Morgan fingerprint density at radius 2 is 0.722 bits per heavy atom. The van der Waals surface area contributed by atoms with Gasteiger partial charge in [-0.05, 0) is 183 Å². The molecule has 43 heteroatoms. The van der Waals surface area contributed by atoms with Gasteiger partial charge in [0.15, 0.2) is 0 Å². The molecule has 144 heavy (non-hydrogen) atoms. The van der Waals surface area contributed by atoms with Crippen LogP contribution in [0.15, 0.2) is 0 Å². The molecule has 7 unspecified atom stereocenters. The molecule has 6 fully saturated rings. The Labute approximate surface area is 906 Å². The number of aliphatic hydroxyl groups excluding tert-OH is 9. The van der Waals surface area contributed by atoms with Crippen molar-refractivity contribution in [3.05, 3.63) is 4.58 Å². The van der Waals surface area contributed by atoms with Crippen LogP contribution in [0, 0.1) is 28.3 Å². The van der Waals surface area contributed by atoms with Gasteiger partial charge >= 0.3 is 0 Å². The maximum Gasteiger partial charge on any atom is 0.240 e. The molecule has 5 aliphatic heterocycles. The molecule has 11 amide bonds. The van der Waals surface area contributed by atoms with Gasteiger partial charge in [-0.15, -0.1) is 47.0 Å². The van der Waals surface area contributed by atoms with E-state index in [1.165, 1.54) is 91.4 Å². The van der Waals surface area contributed by atoms with Gasteiger partial charge < -0.3 is 137 Å². The van der Waals surface area contributed by atoms with E-state index in [9.17, 15) is 108 Å². The second kappa shape index (κ2) is 76.0. The first-order chi connectivity index (χ1) is 68.6. The zero-order chi connectivity index (χ0) is 104. The summed E-state index contributed by atoms with van der Waals surface area (Å²) < 4.78 is 23.7. The van der Waals surface area contributed by atoms with Crippen molar-refractivity contribution in [3.63, 3.8) is 0 Å². The Kier molecular flexibility index (Phi) is 69.1. The summed E-state index contributed by atoms with van der Waals surface area (Å²) in [4.78, 5) is 173. The molecule has 36 nitrogen and oxygen atoms in total. The largest absolute Gasteiger partial charge is 0.394 e. The number of amides is 11. The second-order valence-electron chi connectivity index (χ2n) is 39.6. The van der Waals surface area contributed by atoms with Crippen molar-refractivity contribution in [1.82, 2.24) is 52.3 Å². The normalized spacial score (nSPS) is 25.9. The van der Waals surface area contributed by atoms with Crippen molar-refractivity contribution < 1.29 is 160 Å². The fourth-order valence-corrected chi connectivity index (χ4v) is 25.3. The number of nitrogens with zero attached hydrogens (tertiary/aromatic N) is 2. The van der Waals surface area contributed by atoms with Crippen molar-refractivity contribution in [1.29, 1.82) is 0 Å².